The molecule has 0 saturated carbocycles. The van der Waals surface area contributed by atoms with E-state index in [-0.39, 0.29) is 18.5 Å². The predicted molar refractivity (Wildman–Crippen MR) is 343 cm³/mol. The first kappa shape index (κ1) is 77.4. The Labute approximate surface area is 503 Å². The van der Waals surface area contributed by atoms with Gasteiger partial charge in [-0.2, -0.15) is 0 Å². The number of hydrogen-bond acceptors (Lipinski definition) is 10. The highest BCUT2D eigenvalue weighted by Gasteiger charge is 2.44. The molecule has 478 valence electrons. The lowest BCUT2D eigenvalue weighted by Gasteiger charge is -2.40. The maximum absolute atomic E-state index is 13.1. The lowest BCUT2D eigenvalue weighted by Crippen LogP contribution is -2.60. The molecule has 0 bridgehead atoms. The molecule has 6 N–H and O–H groups in total. The van der Waals surface area contributed by atoms with Crippen LogP contribution in [-0.2, 0) is 23.8 Å². The summed E-state index contributed by atoms with van der Waals surface area (Å²) in [6, 6.07) is -0.834. The lowest BCUT2D eigenvalue weighted by molar-refractivity contribution is -0.302. The molecule has 0 aliphatic carbocycles. The van der Waals surface area contributed by atoms with Crippen LogP contribution in [0.3, 0.4) is 0 Å². The monoisotopic (exact) mass is 1160 g/mol. The van der Waals surface area contributed by atoms with Crippen molar-refractivity contribution >= 4 is 11.9 Å². The molecular formula is C71H129NO10. The molecule has 0 aromatic heterocycles. The average molecular weight is 1160 g/mol. The molecule has 0 aromatic rings. The number of aliphatic hydroxyl groups excluding tert-OH is 5. The molecule has 7 atom stereocenters. The number of nitrogens with one attached hydrogen (secondary N) is 1. The highest BCUT2D eigenvalue weighted by atomic mass is 16.7. The van der Waals surface area contributed by atoms with Gasteiger partial charge in [0.15, 0.2) is 6.29 Å². The van der Waals surface area contributed by atoms with Crippen molar-refractivity contribution in [1.29, 1.82) is 0 Å². The van der Waals surface area contributed by atoms with E-state index in [0.717, 1.165) is 70.6 Å². The van der Waals surface area contributed by atoms with Gasteiger partial charge in [0.25, 0.3) is 0 Å². The molecule has 1 aliphatic heterocycles. The van der Waals surface area contributed by atoms with Crippen LogP contribution in [0.4, 0.5) is 0 Å². The zero-order valence-corrected chi connectivity index (χ0v) is 52.9. The van der Waals surface area contributed by atoms with Gasteiger partial charge in [-0.05, 0) is 103 Å². The van der Waals surface area contributed by atoms with Gasteiger partial charge in [0.2, 0.25) is 5.91 Å². The van der Waals surface area contributed by atoms with Gasteiger partial charge < -0.3 is 45.1 Å². The van der Waals surface area contributed by atoms with Crippen molar-refractivity contribution in [1.82, 2.24) is 5.32 Å². The van der Waals surface area contributed by atoms with Crippen molar-refractivity contribution < 1.29 is 49.3 Å². The van der Waals surface area contributed by atoms with Gasteiger partial charge in [-0.3, -0.25) is 9.59 Å². The van der Waals surface area contributed by atoms with E-state index in [9.17, 15) is 35.1 Å². The van der Waals surface area contributed by atoms with Crippen LogP contribution in [0, 0.1) is 0 Å². The molecule has 1 aliphatic rings. The highest BCUT2D eigenvalue weighted by molar-refractivity contribution is 5.76. The van der Waals surface area contributed by atoms with Crippen LogP contribution in [-0.4, -0.2) is 100 Å². The third kappa shape index (κ3) is 48.6. The Kier molecular flexibility index (Phi) is 56.7. The summed E-state index contributed by atoms with van der Waals surface area (Å²) in [6.07, 6.45) is 69.2. The van der Waals surface area contributed by atoms with Gasteiger partial charge in [0.05, 0.1) is 32.0 Å². The second kappa shape index (κ2) is 60.1. The zero-order chi connectivity index (χ0) is 59.5. The smallest absolute Gasteiger partial charge is 0.305 e. The van der Waals surface area contributed by atoms with Gasteiger partial charge in [-0.1, -0.05) is 261 Å². The van der Waals surface area contributed by atoms with E-state index in [1.165, 1.54) is 218 Å². The van der Waals surface area contributed by atoms with Gasteiger partial charge >= 0.3 is 5.97 Å². The number of unbranched alkanes of at least 4 members (excludes halogenated alkanes) is 38. The van der Waals surface area contributed by atoms with Crippen LogP contribution in [0.5, 0.6) is 0 Å². The molecule has 0 spiro atoms. The van der Waals surface area contributed by atoms with Gasteiger partial charge in [-0.15, -0.1) is 0 Å². The summed E-state index contributed by atoms with van der Waals surface area (Å²) in [5, 5.41) is 54.4. The largest absolute Gasteiger partial charge is 0.466 e. The number of aliphatic hydroxyl groups is 5. The first-order valence-electron chi connectivity index (χ1n) is 34.6. The van der Waals surface area contributed by atoms with Crippen LogP contribution >= 0.6 is 0 Å². The van der Waals surface area contributed by atoms with Crippen LogP contribution in [0.25, 0.3) is 0 Å². The second-order valence-electron chi connectivity index (χ2n) is 23.8. The van der Waals surface area contributed by atoms with Gasteiger partial charge in [0.1, 0.15) is 24.4 Å². The van der Waals surface area contributed by atoms with Crippen LogP contribution in [0.15, 0.2) is 60.8 Å². The van der Waals surface area contributed by atoms with Gasteiger partial charge in [-0.25, -0.2) is 0 Å². The maximum Gasteiger partial charge on any atom is 0.305 e. The molecule has 0 aromatic carbocycles. The second-order valence-corrected chi connectivity index (χ2v) is 23.8. The van der Waals surface area contributed by atoms with Crippen molar-refractivity contribution in [2.24, 2.45) is 0 Å². The fraction of sp³-hybridized carbons (Fsp3) is 0.831. The van der Waals surface area contributed by atoms with Crippen LogP contribution in [0.1, 0.15) is 316 Å². The number of carbonyl (C=O) groups excluding carboxylic acids is 2. The molecule has 1 heterocycles. The van der Waals surface area contributed by atoms with Crippen LogP contribution < -0.4 is 5.32 Å². The first-order valence-corrected chi connectivity index (χ1v) is 34.6. The first-order chi connectivity index (χ1) is 40.2. The van der Waals surface area contributed by atoms with Gasteiger partial charge in [0, 0.05) is 12.8 Å². The predicted octanol–water partition coefficient (Wildman–Crippen LogP) is 17.3. The molecule has 1 amide bonds. The third-order valence-corrected chi connectivity index (χ3v) is 16.1. The number of rotatable bonds is 60. The Morgan fingerprint density at radius 2 is 0.805 bits per heavy atom. The van der Waals surface area contributed by atoms with Crippen molar-refractivity contribution in [3.63, 3.8) is 0 Å². The van der Waals surface area contributed by atoms with E-state index in [4.69, 9.17) is 14.2 Å². The summed E-state index contributed by atoms with van der Waals surface area (Å²) in [5.41, 5.74) is 0. The Morgan fingerprint density at radius 1 is 0.439 bits per heavy atom. The third-order valence-electron chi connectivity index (χ3n) is 16.1. The summed E-state index contributed by atoms with van der Waals surface area (Å²) in [5.74, 6) is -0.198. The summed E-state index contributed by atoms with van der Waals surface area (Å²) in [6.45, 7) is 4.27. The van der Waals surface area contributed by atoms with E-state index in [2.05, 4.69) is 67.8 Å². The Bertz CT molecular complexity index is 1550. The molecule has 11 heteroatoms. The lowest BCUT2D eigenvalue weighted by atomic mass is 9.99. The summed E-state index contributed by atoms with van der Waals surface area (Å²) < 4.78 is 16.7. The molecule has 11 nitrogen and oxygen atoms in total. The molecule has 82 heavy (non-hydrogen) atoms. The van der Waals surface area contributed by atoms with E-state index >= 15 is 0 Å². The topological polar surface area (TPSA) is 175 Å². The minimum Gasteiger partial charge on any atom is -0.466 e. The minimum atomic E-state index is -1.58. The number of esters is 1. The van der Waals surface area contributed by atoms with Crippen molar-refractivity contribution in [2.45, 2.75) is 358 Å². The quantitative estimate of drug-likeness (QED) is 0.0195. The molecular weight excluding hydrogens is 1030 g/mol. The fourth-order valence-corrected chi connectivity index (χ4v) is 10.6. The van der Waals surface area contributed by atoms with Crippen molar-refractivity contribution in [2.75, 3.05) is 19.8 Å². The number of ether oxygens (including phenoxy) is 3. The summed E-state index contributed by atoms with van der Waals surface area (Å²) in [4.78, 5) is 25.1. The summed E-state index contributed by atoms with van der Waals surface area (Å²) >= 11 is 0. The SMILES string of the molecule is CCCC/C=C\CCCCCCCC(=O)OCCCCCCCCCCCCCC/C=C\CCCCCCCCCCCCCCCCC(=O)NC(COC1OC(CO)C(O)C(O)C1O)C(O)/C=C/CC/C=C/CC/C=C/CCCCC. The van der Waals surface area contributed by atoms with E-state index in [0.29, 0.717) is 19.4 Å². The Hall–Kier alpha value is -2.64. The molecule has 1 fully saturated rings. The molecule has 7 unspecified atom stereocenters. The van der Waals surface area contributed by atoms with Crippen molar-refractivity contribution in [3.05, 3.63) is 60.8 Å². The minimum absolute atomic E-state index is 0.00312. The standard InChI is InChI=1S/C71H129NO10/c1-3-5-7-9-11-13-15-34-38-41-45-49-53-57-64(74)63(62-81-71-70(79)69(78)68(77)65(61-73)82-71)72-66(75)58-54-50-46-42-39-35-32-30-28-26-24-22-20-18-16-17-19-21-23-25-27-29-31-33-36-40-44-48-52-56-60-80-67(76)59-55-51-47-43-37-14-12-10-8-6-4-2/h10-13,17,19,38,41,53,57,63-65,68-71,73-74,77-79H,3-9,14-16,18,20-37,39-40,42-52,54-56,58-62H2,1-2H3,(H,72,75)/b12-10-,13-11+,19-17-,41-38+,57-53+. The number of hydrogen-bond donors (Lipinski definition) is 6. The van der Waals surface area contributed by atoms with E-state index < -0.39 is 49.5 Å². The maximum atomic E-state index is 13.1. The van der Waals surface area contributed by atoms with Crippen molar-refractivity contribution in [3.8, 4) is 0 Å². The van der Waals surface area contributed by atoms with E-state index in [1.54, 1.807) is 6.08 Å². The number of amides is 1. The highest BCUT2D eigenvalue weighted by Crippen LogP contribution is 2.23. The summed E-state index contributed by atoms with van der Waals surface area (Å²) in [7, 11) is 0. The molecule has 1 saturated heterocycles. The van der Waals surface area contributed by atoms with Crippen LogP contribution in [0.2, 0.25) is 0 Å². The zero-order valence-electron chi connectivity index (χ0n) is 52.9. The number of allylic oxidation sites excluding steroid dienone is 9. The molecule has 1 rings (SSSR count). The normalized spacial score (nSPS) is 18.5. The number of carbonyl (C=O) groups is 2. The Balaban J connectivity index is 1.99. The Morgan fingerprint density at radius 3 is 1.24 bits per heavy atom. The fourth-order valence-electron chi connectivity index (χ4n) is 10.6. The van der Waals surface area contributed by atoms with E-state index in [1.807, 2.05) is 6.08 Å². The average Bonchev–Trinajstić information content (AvgIpc) is 3.48. The molecule has 0 radical (unpaired) electrons.